The molecule has 10 heteroatoms. The molecule has 0 N–H and O–H groups in total. The average molecular weight is 376 g/mol. The molecule has 0 aromatic carbocycles. The van der Waals surface area contributed by atoms with E-state index >= 15 is 0 Å². The van der Waals surface area contributed by atoms with Crippen LogP contribution in [0.4, 0.5) is 0 Å². The Balaban J connectivity index is 2.89. The number of hydroxylamine groups is 4. The molecular formula is C16H28N2O8. The molecule has 150 valence electrons. The number of methoxy groups -OCH3 is 6. The van der Waals surface area contributed by atoms with E-state index < -0.39 is 23.7 Å². The van der Waals surface area contributed by atoms with Gasteiger partial charge in [0.15, 0.2) is 0 Å². The van der Waals surface area contributed by atoms with E-state index in [1.807, 2.05) is 12.2 Å². The molecule has 0 spiro atoms. The molecule has 0 bridgehead atoms. The van der Waals surface area contributed by atoms with E-state index in [4.69, 9.17) is 38.1 Å². The summed E-state index contributed by atoms with van der Waals surface area (Å²) in [6.45, 7) is 0. The summed E-state index contributed by atoms with van der Waals surface area (Å²) < 4.78 is 34.5. The molecule has 2 aliphatic rings. The monoisotopic (exact) mass is 376 g/mol. The summed E-state index contributed by atoms with van der Waals surface area (Å²) in [5.74, 6) is -3.48. The molecule has 0 amide bonds. The number of rotatable bonds is 8. The van der Waals surface area contributed by atoms with Crippen molar-refractivity contribution in [2.75, 3.05) is 56.9 Å². The van der Waals surface area contributed by atoms with Crippen molar-refractivity contribution < 1.29 is 38.1 Å². The highest BCUT2D eigenvalue weighted by Crippen LogP contribution is 2.53. The topological polar surface area (TPSA) is 80.3 Å². The Labute approximate surface area is 153 Å². The van der Waals surface area contributed by atoms with E-state index in [1.54, 1.807) is 13.2 Å². The van der Waals surface area contributed by atoms with Gasteiger partial charge in [-0.2, -0.15) is 5.06 Å². The van der Waals surface area contributed by atoms with Crippen molar-refractivity contribution in [3.63, 3.8) is 0 Å². The largest absolute Gasteiger partial charge is 0.372 e. The van der Waals surface area contributed by atoms with E-state index in [2.05, 4.69) is 0 Å². The number of hydrogen-bond donors (Lipinski definition) is 0. The molecule has 0 radical (unpaired) electrons. The maximum atomic E-state index is 5.93. The number of ether oxygens (including phenoxy) is 6. The highest BCUT2D eigenvalue weighted by molar-refractivity contribution is 5.34. The molecule has 2 atom stereocenters. The van der Waals surface area contributed by atoms with Gasteiger partial charge in [0.2, 0.25) is 5.72 Å². The lowest BCUT2D eigenvalue weighted by Crippen LogP contribution is -2.85. The van der Waals surface area contributed by atoms with Crippen molar-refractivity contribution in [2.24, 2.45) is 0 Å². The fraction of sp³-hybridized carbons (Fsp3) is 0.750. The first-order chi connectivity index (χ1) is 12.5. The van der Waals surface area contributed by atoms with Crippen LogP contribution in [0.5, 0.6) is 0 Å². The van der Waals surface area contributed by atoms with Gasteiger partial charge in [0, 0.05) is 42.7 Å². The second-order valence-electron chi connectivity index (χ2n) is 5.43. The fourth-order valence-corrected chi connectivity index (χ4v) is 3.74. The molecule has 10 nitrogen and oxygen atoms in total. The first kappa shape index (κ1) is 21.2. The van der Waals surface area contributed by atoms with Crippen LogP contribution in [-0.4, -0.2) is 90.7 Å². The Kier molecular flexibility index (Phi) is 6.44. The maximum absolute atomic E-state index is 5.93. The molecule has 0 aromatic heterocycles. The van der Waals surface area contributed by atoms with E-state index in [-0.39, 0.29) is 0 Å². The number of piperazine rings is 1. The number of fused-ring (bicyclic) bond motifs is 1. The van der Waals surface area contributed by atoms with Crippen LogP contribution >= 0.6 is 0 Å². The second-order valence-corrected chi connectivity index (χ2v) is 5.43. The van der Waals surface area contributed by atoms with Crippen molar-refractivity contribution in [3.8, 4) is 0 Å². The summed E-state index contributed by atoms with van der Waals surface area (Å²) in [7, 11) is 11.7. The molecule has 1 aliphatic heterocycles. The summed E-state index contributed by atoms with van der Waals surface area (Å²) in [6.07, 6.45) is 4.80. The first-order valence-corrected chi connectivity index (χ1v) is 7.86. The SMILES string of the molecule is COC1C=CC=C2N(OC)C(OC)(OC)C(OC)(OC)N(OC)C21OC. The van der Waals surface area contributed by atoms with Gasteiger partial charge in [0.25, 0.3) is 0 Å². The summed E-state index contributed by atoms with van der Waals surface area (Å²) in [5, 5.41) is 2.72. The van der Waals surface area contributed by atoms with Gasteiger partial charge in [0.05, 0.1) is 19.9 Å². The highest BCUT2D eigenvalue weighted by Gasteiger charge is 2.77. The van der Waals surface area contributed by atoms with Crippen LogP contribution < -0.4 is 0 Å². The molecule has 1 fully saturated rings. The predicted molar refractivity (Wildman–Crippen MR) is 89.0 cm³/mol. The van der Waals surface area contributed by atoms with Gasteiger partial charge in [-0.3, -0.25) is 9.68 Å². The quantitative estimate of drug-likeness (QED) is 0.556. The van der Waals surface area contributed by atoms with Crippen LogP contribution in [0.1, 0.15) is 0 Å². The van der Waals surface area contributed by atoms with Crippen LogP contribution in [0.15, 0.2) is 23.9 Å². The van der Waals surface area contributed by atoms with Crippen molar-refractivity contribution in [1.82, 2.24) is 10.1 Å². The van der Waals surface area contributed by atoms with Crippen molar-refractivity contribution in [3.05, 3.63) is 23.9 Å². The van der Waals surface area contributed by atoms with Crippen LogP contribution in [0.25, 0.3) is 0 Å². The van der Waals surface area contributed by atoms with E-state index in [0.29, 0.717) is 5.70 Å². The lowest BCUT2D eigenvalue weighted by molar-refractivity contribution is -0.588. The predicted octanol–water partition coefficient (Wildman–Crippen LogP) is 0.431. The fourth-order valence-electron chi connectivity index (χ4n) is 3.74. The maximum Gasteiger partial charge on any atom is 0.349 e. The van der Waals surface area contributed by atoms with Gasteiger partial charge < -0.3 is 28.4 Å². The van der Waals surface area contributed by atoms with Gasteiger partial charge >= 0.3 is 11.8 Å². The molecule has 26 heavy (non-hydrogen) atoms. The Bertz CT molecular complexity index is 546. The Morgan fingerprint density at radius 3 is 1.73 bits per heavy atom. The highest BCUT2D eigenvalue weighted by atomic mass is 16.9. The van der Waals surface area contributed by atoms with E-state index in [0.717, 1.165) is 0 Å². The standard InChI is InChI=1S/C16H28N2O8/c1-19-13-11-9-10-12-14(13,20-2)18(26-8)16(23-5,24-6)15(21-3,22-4)17(12)25-7/h9-11,13H,1-8H3. The zero-order chi connectivity index (χ0) is 19.6. The lowest BCUT2D eigenvalue weighted by atomic mass is 9.91. The van der Waals surface area contributed by atoms with Crippen LogP contribution in [0.3, 0.4) is 0 Å². The van der Waals surface area contributed by atoms with Crippen molar-refractivity contribution in [2.45, 2.75) is 23.7 Å². The summed E-state index contributed by atoms with van der Waals surface area (Å²) >= 11 is 0. The Morgan fingerprint density at radius 2 is 1.35 bits per heavy atom. The molecule has 2 unspecified atom stereocenters. The number of allylic oxidation sites excluding steroid dienone is 2. The van der Waals surface area contributed by atoms with Crippen LogP contribution in [0, 0.1) is 0 Å². The van der Waals surface area contributed by atoms with Crippen molar-refractivity contribution in [1.29, 1.82) is 0 Å². The Morgan fingerprint density at radius 1 is 0.769 bits per heavy atom. The first-order valence-electron chi connectivity index (χ1n) is 7.86. The minimum atomic E-state index is -1.77. The number of nitrogens with zero attached hydrogens (tertiary/aromatic N) is 2. The molecule has 0 aromatic rings. The normalized spacial score (nSPS) is 30.2. The van der Waals surface area contributed by atoms with Crippen LogP contribution in [0.2, 0.25) is 0 Å². The van der Waals surface area contributed by atoms with Gasteiger partial charge in [-0.15, -0.1) is 0 Å². The zero-order valence-corrected chi connectivity index (χ0v) is 16.5. The Hall–Kier alpha value is -1.08. The van der Waals surface area contributed by atoms with E-state index in [9.17, 15) is 0 Å². The molecule has 0 saturated carbocycles. The molecule has 2 rings (SSSR count). The third kappa shape index (κ3) is 2.32. The van der Waals surface area contributed by atoms with Gasteiger partial charge in [0.1, 0.15) is 6.10 Å². The molecular weight excluding hydrogens is 348 g/mol. The molecule has 1 heterocycles. The third-order valence-electron chi connectivity index (χ3n) is 4.78. The average Bonchev–Trinajstić information content (AvgIpc) is 2.70. The lowest BCUT2D eigenvalue weighted by Gasteiger charge is -2.63. The van der Waals surface area contributed by atoms with Gasteiger partial charge in [-0.05, 0) is 6.08 Å². The zero-order valence-electron chi connectivity index (χ0n) is 16.5. The molecule has 1 saturated heterocycles. The minimum absolute atomic E-state index is 0.493. The second kappa shape index (κ2) is 7.89. The molecule has 1 aliphatic carbocycles. The van der Waals surface area contributed by atoms with E-state index in [1.165, 1.54) is 59.9 Å². The summed E-state index contributed by atoms with van der Waals surface area (Å²) in [6, 6.07) is 0. The summed E-state index contributed by atoms with van der Waals surface area (Å²) in [5.41, 5.74) is -0.840. The minimum Gasteiger partial charge on any atom is -0.372 e. The van der Waals surface area contributed by atoms with Gasteiger partial charge in [-0.1, -0.05) is 17.2 Å². The smallest absolute Gasteiger partial charge is 0.349 e. The number of hydrogen-bond acceptors (Lipinski definition) is 10. The summed E-state index contributed by atoms with van der Waals surface area (Å²) in [4.78, 5) is 11.3. The van der Waals surface area contributed by atoms with Gasteiger partial charge in [-0.25, -0.2) is 0 Å². The third-order valence-corrected chi connectivity index (χ3v) is 4.78. The van der Waals surface area contributed by atoms with Crippen LogP contribution in [-0.2, 0) is 38.1 Å². The van der Waals surface area contributed by atoms with Crippen molar-refractivity contribution >= 4 is 0 Å².